The van der Waals surface area contributed by atoms with Crippen LogP contribution in [0.3, 0.4) is 0 Å². The summed E-state index contributed by atoms with van der Waals surface area (Å²) >= 11 is 1.18. The van der Waals surface area contributed by atoms with Gasteiger partial charge in [0.2, 0.25) is 0 Å². The van der Waals surface area contributed by atoms with Gasteiger partial charge in [-0.2, -0.15) is 0 Å². The van der Waals surface area contributed by atoms with Crippen molar-refractivity contribution in [2.75, 3.05) is 6.54 Å². The smallest absolute Gasteiger partial charge is 0.319 e. The van der Waals surface area contributed by atoms with Crippen molar-refractivity contribution in [1.82, 2.24) is 21.1 Å². The largest absolute Gasteiger partial charge is 0.325 e. The SMILES string of the molecule is O=C(CN1C(=O)NC2(CCCc3ccccc32)C1=O)NNC(=O)c1ccc(-c2ccc(F)cc2)s1. The zero-order chi connectivity index (χ0) is 24.6. The van der Waals surface area contributed by atoms with Crippen LogP contribution in [-0.2, 0) is 21.5 Å². The van der Waals surface area contributed by atoms with Gasteiger partial charge in [-0.1, -0.05) is 36.4 Å². The van der Waals surface area contributed by atoms with Gasteiger partial charge in [-0.15, -0.1) is 11.3 Å². The molecule has 1 aliphatic heterocycles. The van der Waals surface area contributed by atoms with E-state index in [1.54, 1.807) is 24.3 Å². The van der Waals surface area contributed by atoms with Crippen LogP contribution in [0.2, 0.25) is 0 Å². The molecule has 1 atom stereocenters. The van der Waals surface area contributed by atoms with Gasteiger partial charge in [-0.05, 0) is 60.2 Å². The van der Waals surface area contributed by atoms with E-state index in [1.165, 1.54) is 23.5 Å². The maximum absolute atomic E-state index is 13.3. The van der Waals surface area contributed by atoms with Gasteiger partial charge in [0.05, 0.1) is 4.88 Å². The number of fused-ring (bicyclic) bond motifs is 2. The Hall–Kier alpha value is -4.05. The quantitative estimate of drug-likeness (QED) is 0.384. The van der Waals surface area contributed by atoms with Crippen molar-refractivity contribution >= 4 is 35.1 Å². The molecule has 1 fully saturated rings. The van der Waals surface area contributed by atoms with Crippen molar-refractivity contribution in [1.29, 1.82) is 0 Å². The van der Waals surface area contributed by atoms with E-state index in [9.17, 15) is 23.6 Å². The van der Waals surface area contributed by atoms with Crippen molar-refractivity contribution in [3.05, 3.63) is 82.5 Å². The fraction of sp³-hybridized carbons (Fsp3) is 0.200. The summed E-state index contributed by atoms with van der Waals surface area (Å²) in [5.74, 6) is -2.09. The lowest BCUT2D eigenvalue weighted by atomic mass is 9.76. The number of amides is 5. The van der Waals surface area contributed by atoms with Gasteiger partial charge in [0.15, 0.2) is 0 Å². The van der Waals surface area contributed by atoms with Crippen LogP contribution in [0.5, 0.6) is 0 Å². The number of aryl methyl sites for hydroxylation is 1. The fourth-order valence-electron chi connectivity index (χ4n) is 4.56. The van der Waals surface area contributed by atoms with Gasteiger partial charge in [0.25, 0.3) is 17.7 Å². The summed E-state index contributed by atoms with van der Waals surface area (Å²) in [5, 5.41) is 2.79. The predicted octanol–water partition coefficient (Wildman–Crippen LogP) is 3.10. The normalized spacial score (nSPS) is 18.8. The Labute approximate surface area is 204 Å². The lowest BCUT2D eigenvalue weighted by Crippen LogP contribution is -2.49. The molecule has 1 unspecified atom stereocenters. The molecule has 2 aliphatic rings. The Kier molecular flexibility index (Phi) is 5.81. The minimum atomic E-state index is -1.16. The molecule has 5 rings (SSSR count). The maximum atomic E-state index is 13.3. The molecule has 8 nitrogen and oxygen atoms in total. The van der Waals surface area contributed by atoms with Crippen molar-refractivity contribution in [2.24, 2.45) is 0 Å². The monoisotopic (exact) mass is 492 g/mol. The van der Waals surface area contributed by atoms with Crippen molar-refractivity contribution < 1.29 is 23.6 Å². The molecule has 1 saturated heterocycles. The average molecular weight is 493 g/mol. The molecule has 1 aromatic heterocycles. The second kappa shape index (κ2) is 8.95. The number of benzene rings is 2. The van der Waals surface area contributed by atoms with Gasteiger partial charge in [-0.25, -0.2) is 9.18 Å². The zero-order valence-corrected chi connectivity index (χ0v) is 19.3. The molecule has 1 aliphatic carbocycles. The molecule has 5 amide bonds. The molecule has 0 radical (unpaired) electrons. The minimum Gasteiger partial charge on any atom is -0.319 e. The molecule has 2 heterocycles. The number of carbonyl (C=O) groups is 4. The van der Waals surface area contributed by atoms with Crippen LogP contribution < -0.4 is 16.2 Å². The van der Waals surface area contributed by atoms with Crippen molar-refractivity contribution in [3.63, 3.8) is 0 Å². The molecule has 3 aromatic rings. The molecule has 0 saturated carbocycles. The first-order valence-corrected chi connectivity index (χ1v) is 11.9. The van der Waals surface area contributed by atoms with E-state index in [4.69, 9.17) is 0 Å². The number of hydrogen-bond acceptors (Lipinski definition) is 5. The van der Waals surface area contributed by atoms with E-state index in [2.05, 4.69) is 16.2 Å². The molecule has 10 heteroatoms. The van der Waals surface area contributed by atoms with Crippen LogP contribution in [0.25, 0.3) is 10.4 Å². The number of imide groups is 1. The number of nitrogens with one attached hydrogen (secondary N) is 3. The number of nitrogens with zero attached hydrogens (tertiary/aromatic N) is 1. The molecular formula is C25H21FN4O4S. The zero-order valence-electron chi connectivity index (χ0n) is 18.5. The molecule has 3 N–H and O–H groups in total. The second-order valence-corrected chi connectivity index (χ2v) is 9.49. The highest BCUT2D eigenvalue weighted by Gasteiger charge is 2.54. The van der Waals surface area contributed by atoms with Gasteiger partial charge < -0.3 is 5.32 Å². The summed E-state index contributed by atoms with van der Waals surface area (Å²) in [4.78, 5) is 52.8. The Balaban J connectivity index is 1.21. The number of thiophene rings is 1. The lowest BCUT2D eigenvalue weighted by molar-refractivity contribution is -0.135. The van der Waals surface area contributed by atoms with E-state index < -0.39 is 35.8 Å². The van der Waals surface area contributed by atoms with E-state index >= 15 is 0 Å². The number of halogens is 1. The van der Waals surface area contributed by atoms with E-state index in [0.717, 1.165) is 39.3 Å². The van der Waals surface area contributed by atoms with Crippen LogP contribution >= 0.6 is 11.3 Å². The van der Waals surface area contributed by atoms with E-state index in [0.29, 0.717) is 11.3 Å². The summed E-state index contributed by atoms with van der Waals surface area (Å²) in [7, 11) is 0. The average Bonchev–Trinajstić information content (AvgIpc) is 3.44. The Bertz CT molecular complexity index is 1340. The third-order valence-corrected chi connectivity index (χ3v) is 7.36. The van der Waals surface area contributed by atoms with Crippen LogP contribution in [0, 0.1) is 5.82 Å². The van der Waals surface area contributed by atoms with E-state index in [1.807, 2.05) is 24.3 Å². The highest BCUT2D eigenvalue weighted by molar-refractivity contribution is 7.17. The third kappa shape index (κ3) is 4.17. The Morgan fingerprint density at radius 3 is 2.60 bits per heavy atom. The van der Waals surface area contributed by atoms with Crippen LogP contribution in [0.4, 0.5) is 9.18 Å². The maximum Gasteiger partial charge on any atom is 0.325 e. The predicted molar refractivity (Wildman–Crippen MR) is 127 cm³/mol. The summed E-state index contributed by atoms with van der Waals surface area (Å²) in [6.07, 6.45) is 2.01. The highest BCUT2D eigenvalue weighted by atomic mass is 32.1. The van der Waals surface area contributed by atoms with Gasteiger partial charge in [0.1, 0.15) is 17.9 Å². The number of urea groups is 1. The summed E-state index contributed by atoms with van der Waals surface area (Å²) < 4.78 is 13.1. The van der Waals surface area contributed by atoms with Crippen molar-refractivity contribution in [3.8, 4) is 10.4 Å². The van der Waals surface area contributed by atoms with Crippen LogP contribution in [0.1, 0.15) is 33.6 Å². The molecular weight excluding hydrogens is 471 g/mol. The number of carbonyl (C=O) groups excluding carboxylic acids is 4. The Morgan fingerprint density at radius 1 is 1.03 bits per heavy atom. The first-order chi connectivity index (χ1) is 16.9. The summed E-state index contributed by atoms with van der Waals surface area (Å²) in [5.41, 5.74) is 5.92. The van der Waals surface area contributed by atoms with Gasteiger partial charge >= 0.3 is 6.03 Å². The molecule has 178 valence electrons. The van der Waals surface area contributed by atoms with E-state index in [-0.39, 0.29) is 5.82 Å². The number of hydrogen-bond donors (Lipinski definition) is 3. The van der Waals surface area contributed by atoms with Crippen LogP contribution in [-0.4, -0.2) is 35.2 Å². The Morgan fingerprint density at radius 2 is 1.80 bits per heavy atom. The fourth-order valence-corrected chi connectivity index (χ4v) is 5.46. The molecule has 1 spiro atoms. The molecule has 35 heavy (non-hydrogen) atoms. The third-order valence-electron chi connectivity index (χ3n) is 6.23. The number of hydrazine groups is 1. The lowest BCUT2D eigenvalue weighted by Gasteiger charge is -2.33. The first kappa shape index (κ1) is 22.7. The second-order valence-electron chi connectivity index (χ2n) is 8.41. The highest BCUT2D eigenvalue weighted by Crippen LogP contribution is 2.39. The summed E-state index contributed by atoms with van der Waals surface area (Å²) in [6.45, 7) is -0.528. The number of rotatable bonds is 4. The summed E-state index contributed by atoms with van der Waals surface area (Å²) in [6, 6.07) is 16.0. The van der Waals surface area contributed by atoms with Gasteiger partial charge in [-0.3, -0.25) is 30.1 Å². The van der Waals surface area contributed by atoms with Crippen molar-refractivity contribution in [2.45, 2.75) is 24.8 Å². The van der Waals surface area contributed by atoms with Crippen LogP contribution in [0.15, 0.2) is 60.7 Å². The van der Waals surface area contributed by atoms with Gasteiger partial charge in [0, 0.05) is 4.88 Å². The molecule has 2 aromatic carbocycles. The first-order valence-electron chi connectivity index (χ1n) is 11.0. The standard InChI is InChI=1S/C25H21FN4O4S/c26-17-9-7-16(8-10-17)19-11-12-20(35-19)22(32)29-28-21(31)14-30-23(33)25(27-24(30)34)13-3-5-15-4-1-2-6-18(15)25/h1-2,4,6-12H,3,5,13-14H2,(H,27,34)(H,28,31)(H,29,32). The topological polar surface area (TPSA) is 108 Å². The minimum absolute atomic E-state index is 0.331. The molecule has 0 bridgehead atoms.